The zero-order valence-corrected chi connectivity index (χ0v) is 17.6. The minimum atomic E-state index is -1.31. The van der Waals surface area contributed by atoms with E-state index in [0.717, 1.165) is 17.0 Å². The van der Waals surface area contributed by atoms with E-state index >= 15 is 0 Å². The first-order valence-electron chi connectivity index (χ1n) is 9.83. The summed E-state index contributed by atoms with van der Waals surface area (Å²) in [6.07, 6.45) is 0.117. The summed E-state index contributed by atoms with van der Waals surface area (Å²) in [6.45, 7) is 0.00842. The van der Waals surface area contributed by atoms with Crippen LogP contribution in [-0.4, -0.2) is 24.5 Å². The normalized spacial score (nSPS) is 15.6. The molecule has 1 saturated heterocycles. The van der Waals surface area contributed by atoms with Crippen molar-refractivity contribution in [3.63, 3.8) is 0 Å². The van der Waals surface area contributed by atoms with Crippen molar-refractivity contribution in [2.45, 2.75) is 12.5 Å². The third kappa shape index (κ3) is 4.49. The fraction of sp³-hybridized carbons (Fsp3) is 0.130. The molecule has 0 spiro atoms. The van der Waals surface area contributed by atoms with Crippen molar-refractivity contribution >= 4 is 34.9 Å². The van der Waals surface area contributed by atoms with Gasteiger partial charge in [0.15, 0.2) is 11.6 Å². The topological polar surface area (TPSA) is 61.4 Å². The quantitative estimate of drug-likeness (QED) is 0.488. The fourth-order valence-electron chi connectivity index (χ4n) is 3.60. The predicted octanol–water partition coefficient (Wildman–Crippen LogP) is 5.49. The van der Waals surface area contributed by atoms with Gasteiger partial charge in [0.2, 0.25) is 5.91 Å². The molecular formula is C23H16ClF4N3O2. The number of urea groups is 1. The van der Waals surface area contributed by atoms with Crippen LogP contribution in [0.5, 0.6) is 0 Å². The van der Waals surface area contributed by atoms with Crippen LogP contribution in [-0.2, 0) is 4.79 Å². The van der Waals surface area contributed by atoms with Crippen molar-refractivity contribution in [1.82, 2.24) is 5.32 Å². The van der Waals surface area contributed by atoms with E-state index in [2.05, 4.69) is 10.6 Å². The van der Waals surface area contributed by atoms with Crippen LogP contribution >= 0.6 is 11.6 Å². The lowest BCUT2D eigenvalue weighted by atomic mass is 10.0. The first-order chi connectivity index (χ1) is 15.8. The van der Waals surface area contributed by atoms with E-state index in [1.54, 1.807) is 0 Å². The second-order valence-corrected chi connectivity index (χ2v) is 7.73. The molecule has 0 bridgehead atoms. The summed E-state index contributed by atoms with van der Waals surface area (Å²) in [4.78, 5) is 25.9. The number of benzene rings is 3. The minimum absolute atomic E-state index is 0.00842. The van der Waals surface area contributed by atoms with E-state index in [1.807, 2.05) is 0 Å². The predicted molar refractivity (Wildman–Crippen MR) is 116 cm³/mol. The number of halogens is 5. The number of hydrogen-bond acceptors (Lipinski definition) is 2. The highest BCUT2D eigenvalue weighted by molar-refractivity contribution is 6.30. The number of nitrogens with one attached hydrogen (secondary N) is 2. The Morgan fingerprint density at radius 1 is 0.939 bits per heavy atom. The molecular weight excluding hydrogens is 462 g/mol. The highest BCUT2D eigenvalue weighted by atomic mass is 35.5. The van der Waals surface area contributed by atoms with E-state index in [0.29, 0.717) is 0 Å². The van der Waals surface area contributed by atoms with Crippen molar-refractivity contribution in [3.8, 4) is 11.1 Å². The van der Waals surface area contributed by atoms with E-state index in [1.165, 1.54) is 42.5 Å². The molecule has 3 amide bonds. The molecule has 0 saturated carbocycles. The zero-order valence-electron chi connectivity index (χ0n) is 16.8. The zero-order chi connectivity index (χ0) is 23.7. The average Bonchev–Trinajstić information content (AvgIpc) is 3.12. The Kier molecular flexibility index (Phi) is 6.24. The number of carbonyl (C=O) groups excluding carboxylic acids is 2. The van der Waals surface area contributed by atoms with Crippen molar-refractivity contribution < 1.29 is 27.2 Å². The number of hydrogen-bond donors (Lipinski definition) is 2. The van der Waals surface area contributed by atoms with Gasteiger partial charge in [0.1, 0.15) is 17.7 Å². The molecule has 0 radical (unpaired) electrons. The number of amides is 3. The molecule has 170 valence electrons. The van der Waals surface area contributed by atoms with Gasteiger partial charge < -0.3 is 15.5 Å². The van der Waals surface area contributed by atoms with Crippen LogP contribution in [0.3, 0.4) is 0 Å². The summed E-state index contributed by atoms with van der Waals surface area (Å²) < 4.78 is 57.4. The number of rotatable bonds is 4. The maximum Gasteiger partial charge on any atom is 0.319 e. The molecule has 0 aliphatic carbocycles. The fourth-order valence-corrected chi connectivity index (χ4v) is 3.75. The second kappa shape index (κ2) is 9.11. The SMILES string of the molecule is O=C(Nc1ccc(Cl)cc1F)NC1CCN(c2ccc(-c3ccccc3F)c(F)c2F)C1=O. The summed E-state index contributed by atoms with van der Waals surface area (Å²) in [5, 5.41) is 4.81. The van der Waals surface area contributed by atoms with Crippen LogP contribution in [0.4, 0.5) is 33.7 Å². The number of carbonyl (C=O) groups is 2. The number of nitrogens with zero attached hydrogens (tertiary/aromatic N) is 1. The summed E-state index contributed by atoms with van der Waals surface area (Å²) in [7, 11) is 0. The van der Waals surface area contributed by atoms with Gasteiger partial charge in [0, 0.05) is 22.7 Å². The lowest BCUT2D eigenvalue weighted by molar-refractivity contribution is -0.118. The van der Waals surface area contributed by atoms with Gasteiger partial charge in [-0.1, -0.05) is 29.8 Å². The minimum Gasteiger partial charge on any atom is -0.326 e. The Labute approximate surface area is 191 Å². The van der Waals surface area contributed by atoms with Crippen molar-refractivity contribution in [3.05, 3.63) is 82.9 Å². The smallest absolute Gasteiger partial charge is 0.319 e. The van der Waals surface area contributed by atoms with Gasteiger partial charge in [0.25, 0.3) is 0 Å². The van der Waals surface area contributed by atoms with E-state index in [4.69, 9.17) is 11.6 Å². The molecule has 1 aliphatic heterocycles. The lowest BCUT2D eigenvalue weighted by Gasteiger charge is -2.19. The molecule has 4 rings (SSSR count). The molecule has 33 heavy (non-hydrogen) atoms. The molecule has 10 heteroatoms. The maximum atomic E-state index is 14.8. The van der Waals surface area contributed by atoms with E-state index < -0.39 is 41.2 Å². The average molecular weight is 478 g/mol. The van der Waals surface area contributed by atoms with Crippen LogP contribution in [0.2, 0.25) is 5.02 Å². The summed E-state index contributed by atoms with van der Waals surface area (Å²) in [5.41, 5.74) is -0.860. The van der Waals surface area contributed by atoms with Crippen LogP contribution in [0.1, 0.15) is 6.42 Å². The molecule has 3 aromatic carbocycles. The molecule has 1 heterocycles. The van der Waals surface area contributed by atoms with Gasteiger partial charge >= 0.3 is 6.03 Å². The van der Waals surface area contributed by atoms with E-state index in [9.17, 15) is 27.2 Å². The molecule has 1 atom stereocenters. The monoisotopic (exact) mass is 477 g/mol. The van der Waals surface area contributed by atoms with Crippen LogP contribution in [0.15, 0.2) is 54.6 Å². The van der Waals surface area contributed by atoms with Crippen LogP contribution in [0, 0.1) is 23.3 Å². The summed E-state index contributed by atoms with van der Waals surface area (Å²) >= 11 is 5.67. The van der Waals surface area contributed by atoms with Gasteiger partial charge in [0.05, 0.1) is 11.4 Å². The largest absolute Gasteiger partial charge is 0.326 e. The molecule has 2 N–H and O–H groups in total. The highest BCUT2D eigenvalue weighted by Crippen LogP contribution is 2.33. The Morgan fingerprint density at radius 3 is 2.42 bits per heavy atom. The summed E-state index contributed by atoms with van der Waals surface area (Å²) in [5.74, 6) is -4.74. The first kappa shape index (κ1) is 22.6. The highest BCUT2D eigenvalue weighted by Gasteiger charge is 2.36. The molecule has 5 nitrogen and oxygen atoms in total. The van der Waals surface area contributed by atoms with Crippen molar-refractivity contribution in [2.75, 3.05) is 16.8 Å². The van der Waals surface area contributed by atoms with Gasteiger partial charge in [-0.3, -0.25) is 4.79 Å². The third-order valence-electron chi connectivity index (χ3n) is 5.21. The third-order valence-corrected chi connectivity index (χ3v) is 5.44. The Bertz CT molecular complexity index is 1250. The van der Waals surface area contributed by atoms with Crippen molar-refractivity contribution in [1.29, 1.82) is 0 Å². The van der Waals surface area contributed by atoms with Crippen LogP contribution < -0.4 is 15.5 Å². The Hall–Kier alpha value is -3.59. The standard InChI is InChI=1S/C23H16ClF4N3O2/c24-12-5-7-17(16(26)11-12)29-23(33)30-18-9-10-31(22(18)32)19-8-6-14(20(27)21(19)28)13-3-1-2-4-15(13)25/h1-8,11,18H,9-10H2,(H2,29,30,33). The lowest BCUT2D eigenvalue weighted by Crippen LogP contribution is -2.43. The molecule has 1 aliphatic rings. The van der Waals surface area contributed by atoms with Gasteiger partial charge in [-0.15, -0.1) is 0 Å². The molecule has 1 unspecified atom stereocenters. The van der Waals surface area contributed by atoms with Gasteiger partial charge in [-0.25, -0.2) is 22.4 Å². The Morgan fingerprint density at radius 2 is 1.70 bits per heavy atom. The van der Waals surface area contributed by atoms with Crippen molar-refractivity contribution in [2.24, 2.45) is 0 Å². The van der Waals surface area contributed by atoms with Gasteiger partial charge in [-0.05, 0) is 42.8 Å². The second-order valence-electron chi connectivity index (χ2n) is 7.29. The number of anilines is 2. The molecule has 1 fully saturated rings. The van der Waals surface area contributed by atoms with E-state index in [-0.39, 0.29) is 40.5 Å². The molecule has 0 aromatic heterocycles. The first-order valence-corrected chi connectivity index (χ1v) is 10.2. The maximum absolute atomic E-state index is 14.8. The molecule has 3 aromatic rings. The Balaban J connectivity index is 1.49. The van der Waals surface area contributed by atoms with Crippen LogP contribution in [0.25, 0.3) is 11.1 Å². The summed E-state index contributed by atoms with van der Waals surface area (Å²) in [6, 6.07) is 9.51. The van der Waals surface area contributed by atoms with Gasteiger partial charge in [-0.2, -0.15) is 0 Å².